The second-order valence-electron chi connectivity index (χ2n) is 10.1. The van der Waals surface area contributed by atoms with Gasteiger partial charge in [-0.2, -0.15) is 5.10 Å². The summed E-state index contributed by atoms with van der Waals surface area (Å²) in [5.41, 5.74) is 1.79. The van der Waals surface area contributed by atoms with E-state index < -0.39 is 5.97 Å². The number of rotatable bonds is 10. The van der Waals surface area contributed by atoms with Gasteiger partial charge < -0.3 is 23.8 Å². The first-order valence-electron chi connectivity index (χ1n) is 13.7. The molecule has 2 saturated heterocycles. The molecule has 0 spiro atoms. The molecule has 0 saturated carbocycles. The molecule has 38 heavy (non-hydrogen) atoms. The predicted octanol–water partition coefficient (Wildman–Crippen LogP) is 3.60. The van der Waals surface area contributed by atoms with E-state index in [2.05, 4.69) is 18.9 Å². The van der Waals surface area contributed by atoms with Gasteiger partial charge in [0, 0.05) is 65.1 Å². The largest absolute Gasteiger partial charge is 0.462 e. The van der Waals surface area contributed by atoms with E-state index in [1.54, 1.807) is 32.1 Å². The van der Waals surface area contributed by atoms with E-state index in [0.717, 1.165) is 38.3 Å². The lowest BCUT2D eigenvalue weighted by molar-refractivity contribution is -0.141. The van der Waals surface area contributed by atoms with Crippen LogP contribution in [0.25, 0.3) is 0 Å². The van der Waals surface area contributed by atoms with E-state index in [4.69, 9.17) is 18.9 Å². The minimum Gasteiger partial charge on any atom is -0.462 e. The first-order valence-corrected chi connectivity index (χ1v) is 13.7. The number of hydrogen-bond acceptors (Lipinski definition) is 9. The van der Waals surface area contributed by atoms with Gasteiger partial charge in [-0.05, 0) is 45.4 Å². The monoisotopic (exact) mass is 535 g/mol. The second-order valence-corrected chi connectivity index (χ2v) is 10.1. The molecule has 10 nitrogen and oxygen atoms in total. The maximum absolute atomic E-state index is 12.3. The van der Waals surface area contributed by atoms with Gasteiger partial charge in [0.1, 0.15) is 11.1 Å². The van der Waals surface area contributed by atoms with Gasteiger partial charge in [0.15, 0.2) is 5.78 Å². The number of nitrogens with zero attached hydrogens (tertiary/aromatic N) is 3. The summed E-state index contributed by atoms with van der Waals surface area (Å²) in [7, 11) is 3.55. The van der Waals surface area contributed by atoms with E-state index in [9.17, 15) is 14.4 Å². The van der Waals surface area contributed by atoms with Gasteiger partial charge in [0.2, 0.25) is 0 Å². The standard InChI is InChI=1S/C15H24N2O3.C13H21NO4/c1-4-20-15(18)13-9-16-17(10-11(2)3)14(13)12-5-7-19-8-6-12;1-4-18-13(16)11(9-14(2)3)12(15)10-5-7-17-8-6-10/h9,11-12H,4-8,10H2,1-3H3;9-10H,4-8H2,1-3H3. The van der Waals surface area contributed by atoms with Crippen molar-refractivity contribution in [3.63, 3.8) is 0 Å². The van der Waals surface area contributed by atoms with Crippen LogP contribution >= 0.6 is 0 Å². The third kappa shape index (κ3) is 9.54. The van der Waals surface area contributed by atoms with Crippen LogP contribution in [0.1, 0.15) is 75.3 Å². The quantitative estimate of drug-likeness (QED) is 0.192. The first-order chi connectivity index (χ1) is 18.2. The van der Waals surface area contributed by atoms with Gasteiger partial charge in [0.05, 0.1) is 25.1 Å². The number of Topliss-reactive ketones (excluding diaryl/α,β-unsaturated/α-hetero) is 1. The van der Waals surface area contributed by atoms with Gasteiger partial charge in [-0.3, -0.25) is 9.48 Å². The Morgan fingerprint density at radius 2 is 1.61 bits per heavy atom. The topological polar surface area (TPSA) is 109 Å². The van der Waals surface area contributed by atoms with Crippen molar-refractivity contribution in [3.05, 3.63) is 29.2 Å². The number of ketones is 1. The van der Waals surface area contributed by atoms with Crippen molar-refractivity contribution in [3.8, 4) is 0 Å². The van der Waals surface area contributed by atoms with Gasteiger partial charge in [-0.25, -0.2) is 9.59 Å². The predicted molar refractivity (Wildman–Crippen MR) is 143 cm³/mol. The molecule has 1 aromatic heterocycles. The molecule has 2 fully saturated rings. The summed E-state index contributed by atoms with van der Waals surface area (Å²) in [6.07, 6.45) is 6.42. The number of carbonyl (C=O) groups excluding carboxylic acids is 3. The fourth-order valence-electron chi connectivity index (χ4n) is 4.52. The number of aromatic nitrogens is 2. The van der Waals surface area contributed by atoms with Gasteiger partial charge in [-0.15, -0.1) is 0 Å². The summed E-state index contributed by atoms with van der Waals surface area (Å²) < 4.78 is 22.7. The number of ether oxygens (including phenoxy) is 4. The maximum atomic E-state index is 12.3. The van der Waals surface area contributed by atoms with Gasteiger partial charge in [-0.1, -0.05) is 13.8 Å². The summed E-state index contributed by atoms with van der Waals surface area (Å²) in [6.45, 7) is 12.0. The highest BCUT2D eigenvalue weighted by molar-refractivity contribution is 6.18. The van der Waals surface area contributed by atoms with Gasteiger partial charge in [0.25, 0.3) is 0 Å². The summed E-state index contributed by atoms with van der Waals surface area (Å²) in [5, 5.41) is 4.41. The van der Waals surface area contributed by atoms with Gasteiger partial charge >= 0.3 is 11.9 Å². The van der Waals surface area contributed by atoms with Crippen molar-refractivity contribution in [2.24, 2.45) is 11.8 Å². The minimum absolute atomic E-state index is 0.130. The zero-order chi connectivity index (χ0) is 28.1. The fraction of sp³-hybridized carbons (Fsp3) is 0.714. The lowest BCUT2D eigenvalue weighted by atomic mass is 9.91. The van der Waals surface area contributed by atoms with Crippen LogP contribution in [-0.4, -0.2) is 86.1 Å². The molecule has 3 heterocycles. The molecule has 3 rings (SSSR count). The fourth-order valence-corrected chi connectivity index (χ4v) is 4.52. The summed E-state index contributed by atoms with van der Waals surface area (Å²) in [6, 6.07) is 0. The molecule has 0 aromatic carbocycles. The van der Waals surface area contributed by atoms with Crippen LogP contribution in [0.3, 0.4) is 0 Å². The van der Waals surface area contributed by atoms with E-state index in [-0.39, 0.29) is 29.9 Å². The molecule has 0 bridgehead atoms. The SMILES string of the molecule is CCOC(=O)C(=CN(C)C)C(=O)C1CCOCC1.CCOC(=O)c1cnn(CC(C)C)c1C1CCOCC1. The third-order valence-corrected chi connectivity index (χ3v) is 6.26. The van der Waals surface area contributed by atoms with Crippen LogP contribution < -0.4 is 0 Å². The summed E-state index contributed by atoms with van der Waals surface area (Å²) in [5.74, 6) is -0.237. The Labute approximate surface area is 226 Å². The first kappa shape index (κ1) is 31.5. The average molecular weight is 536 g/mol. The zero-order valence-electron chi connectivity index (χ0n) is 23.9. The van der Waals surface area contributed by atoms with Crippen LogP contribution in [-0.2, 0) is 35.1 Å². The molecule has 0 atom stereocenters. The number of hydrogen-bond donors (Lipinski definition) is 0. The minimum atomic E-state index is -0.539. The van der Waals surface area contributed by atoms with Crippen molar-refractivity contribution < 1.29 is 33.3 Å². The van der Waals surface area contributed by atoms with Crippen molar-refractivity contribution in [2.45, 2.75) is 65.8 Å². The Bertz CT molecular complexity index is 927. The molecule has 1 aromatic rings. The molecule has 2 aliphatic heterocycles. The molecule has 214 valence electrons. The van der Waals surface area contributed by atoms with Crippen LogP contribution in [0.2, 0.25) is 0 Å². The van der Waals surface area contributed by atoms with E-state index >= 15 is 0 Å². The smallest absolute Gasteiger partial charge is 0.343 e. The number of esters is 2. The second kappa shape index (κ2) is 16.3. The lowest BCUT2D eigenvalue weighted by Crippen LogP contribution is -2.29. The normalized spacial score (nSPS) is 17.0. The molecule has 0 aliphatic carbocycles. The summed E-state index contributed by atoms with van der Waals surface area (Å²) in [4.78, 5) is 37.9. The van der Waals surface area contributed by atoms with Crippen molar-refractivity contribution in [1.29, 1.82) is 0 Å². The highest BCUT2D eigenvalue weighted by Gasteiger charge is 2.29. The molecule has 0 radical (unpaired) electrons. The van der Waals surface area contributed by atoms with Crippen molar-refractivity contribution in [1.82, 2.24) is 14.7 Å². The lowest BCUT2D eigenvalue weighted by Gasteiger charge is -2.24. The Morgan fingerprint density at radius 3 is 2.13 bits per heavy atom. The highest BCUT2D eigenvalue weighted by Crippen LogP contribution is 2.30. The van der Waals surface area contributed by atoms with Crippen LogP contribution in [0, 0.1) is 11.8 Å². The Morgan fingerprint density at radius 1 is 1.03 bits per heavy atom. The number of carbonyl (C=O) groups is 3. The molecule has 0 unspecified atom stereocenters. The molecule has 10 heteroatoms. The summed E-state index contributed by atoms with van der Waals surface area (Å²) >= 11 is 0. The third-order valence-electron chi connectivity index (χ3n) is 6.26. The zero-order valence-corrected chi connectivity index (χ0v) is 23.9. The molecular weight excluding hydrogens is 490 g/mol. The molecule has 2 aliphatic rings. The van der Waals surface area contributed by atoms with Crippen molar-refractivity contribution >= 4 is 17.7 Å². The molecular formula is C28H45N3O7. The Balaban J connectivity index is 0.000000269. The highest BCUT2D eigenvalue weighted by atomic mass is 16.5. The van der Waals surface area contributed by atoms with Crippen LogP contribution in [0.5, 0.6) is 0 Å². The molecule has 0 N–H and O–H groups in total. The van der Waals surface area contributed by atoms with Crippen LogP contribution in [0.4, 0.5) is 0 Å². The Hall–Kier alpha value is -2.72. The van der Waals surface area contributed by atoms with Crippen LogP contribution in [0.15, 0.2) is 18.0 Å². The van der Waals surface area contributed by atoms with E-state index in [1.165, 1.54) is 6.20 Å². The molecule has 0 amide bonds. The maximum Gasteiger partial charge on any atom is 0.343 e. The van der Waals surface area contributed by atoms with E-state index in [0.29, 0.717) is 50.1 Å². The van der Waals surface area contributed by atoms with Crippen molar-refractivity contribution in [2.75, 3.05) is 53.7 Å². The van der Waals surface area contributed by atoms with E-state index in [1.807, 2.05) is 11.6 Å². The Kier molecular flexibility index (Phi) is 13.5. The average Bonchev–Trinajstić information content (AvgIpc) is 3.31.